The van der Waals surface area contributed by atoms with Gasteiger partial charge in [-0.3, -0.25) is 0 Å². The van der Waals surface area contributed by atoms with Gasteiger partial charge in [-0.05, 0) is 35.9 Å². The van der Waals surface area contributed by atoms with Crippen LogP contribution in [0.25, 0.3) is 0 Å². The lowest BCUT2D eigenvalue weighted by Gasteiger charge is -2.18. The summed E-state index contributed by atoms with van der Waals surface area (Å²) in [6.45, 7) is 0.728. The van der Waals surface area contributed by atoms with Crippen LogP contribution < -0.4 is 10.2 Å². The molecule has 2 aromatic carbocycles. The summed E-state index contributed by atoms with van der Waals surface area (Å²) in [4.78, 5) is 2.09. The minimum Gasteiger partial charge on any atom is -0.379 e. The van der Waals surface area contributed by atoms with E-state index in [0.717, 1.165) is 27.3 Å². The Morgan fingerprint density at radius 3 is 2.63 bits per heavy atom. The number of hydrogen-bond acceptors (Lipinski definition) is 2. The van der Waals surface area contributed by atoms with Gasteiger partial charge in [0.1, 0.15) is 0 Å². The van der Waals surface area contributed by atoms with Crippen LogP contribution >= 0.6 is 27.5 Å². The molecule has 19 heavy (non-hydrogen) atoms. The van der Waals surface area contributed by atoms with Gasteiger partial charge in [-0.2, -0.15) is 0 Å². The van der Waals surface area contributed by atoms with Crippen molar-refractivity contribution in [1.82, 2.24) is 0 Å². The van der Waals surface area contributed by atoms with Crippen molar-refractivity contribution in [3.8, 4) is 0 Å². The molecule has 0 amide bonds. The van der Waals surface area contributed by atoms with E-state index < -0.39 is 0 Å². The largest absolute Gasteiger partial charge is 0.379 e. The van der Waals surface area contributed by atoms with Gasteiger partial charge in [-0.25, -0.2) is 0 Å². The molecule has 2 rings (SSSR count). The Kier molecular flexibility index (Phi) is 4.72. The molecule has 0 fully saturated rings. The molecule has 0 bridgehead atoms. The van der Waals surface area contributed by atoms with Crippen LogP contribution in [0.1, 0.15) is 5.56 Å². The molecule has 100 valence electrons. The highest BCUT2D eigenvalue weighted by Gasteiger charge is 2.05. The highest BCUT2D eigenvalue weighted by molar-refractivity contribution is 9.10. The molecule has 0 spiro atoms. The van der Waals surface area contributed by atoms with Crippen LogP contribution in [0.3, 0.4) is 0 Å². The van der Waals surface area contributed by atoms with E-state index in [0.29, 0.717) is 0 Å². The third-order valence-corrected chi connectivity index (χ3v) is 3.87. The lowest BCUT2D eigenvalue weighted by Crippen LogP contribution is -2.12. The summed E-state index contributed by atoms with van der Waals surface area (Å²) in [6.07, 6.45) is 0. The summed E-state index contributed by atoms with van der Waals surface area (Å²) in [6, 6.07) is 14.1. The van der Waals surface area contributed by atoms with Crippen LogP contribution in [-0.4, -0.2) is 14.1 Å². The predicted molar refractivity (Wildman–Crippen MR) is 87.2 cm³/mol. The fourth-order valence-corrected chi connectivity index (χ4v) is 2.46. The van der Waals surface area contributed by atoms with E-state index in [1.165, 1.54) is 5.69 Å². The number of rotatable bonds is 4. The van der Waals surface area contributed by atoms with E-state index in [4.69, 9.17) is 11.6 Å². The van der Waals surface area contributed by atoms with Crippen LogP contribution in [0.4, 0.5) is 11.4 Å². The molecule has 0 aromatic heterocycles. The molecule has 1 N–H and O–H groups in total. The van der Waals surface area contributed by atoms with E-state index in [2.05, 4.69) is 38.3 Å². The predicted octanol–water partition coefficient (Wildman–Crippen LogP) is 4.78. The number of anilines is 2. The molecule has 2 nitrogen and oxygen atoms in total. The van der Waals surface area contributed by atoms with Crippen molar-refractivity contribution in [2.75, 3.05) is 24.3 Å². The number of benzene rings is 2. The maximum absolute atomic E-state index is 6.02. The first-order valence-corrected chi connectivity index (χ1v) is 7.19. The van der Waals surface area contributed by atoms with E-state index in [-0.39, 0.29) is 0 Å². The van der Waals surface area contributed by atoms with Gasteiger partial charge in [0.25, 0.3) is 0 Å². The highest BCUT2D eigenvalue weighted by Crippen LogP contribution is 2.26. The summed E-state index contributed by atoms with van der Waals surface area (Å²) in [7, 11) is 4.08. The molecule has 0 unspecified atom stereocenters. The van der Waals surface area contributed by atoms with Crippen LogP contribution in [0.2, 0.25) is 5.02 Å². The lowest BCUT2D eigenvalue weighted by molar-refractivity contribution is 1.10. The quantitative estimate of drug-likeness (QED) is 0.862. The van der Waals surface area contributed by atoms with Crippen molar-refractivity contribution < 1.29 is 0 Å². The maximum Gasteiger partial charge on any atom is 0.0596 e. The molecule has 0 aliphatic rings. The fraction of sp³-hybridized carbons (Fsp3) is 0.200. The van der Waals surface area contributed by atoms with Gasteiger partial charge in [0, 0.05) is 30.1 Å². The zero-order valence-electron chi connectivity index (χ0n) is 11.0. The molecule has 0 aliphatic carbocycles. The van der Waals surface area contributed by atoms with Gasteiger partial charge in [0.05, 0.1) is 11.4 Å². The van der Waals surface area contributed by atoms with Gasteiger partial charge in [-0.1, -0.05) is 39.7 Å². The first-order valence-electron chi connectivity index (χ1n) is 6.02. The van der Waals surface area contributed by atoms with Crippen molar-refractivity contribution in [2.45, 2.75) is 6.54 Å². The fourth-order valence-electron chi connectivity index (χ4n) is 1.88. The SMILES string of the molecule is CN(C)c1ccccc1NCc1cc(Cl)ccc1Br. The monoisotopic (exact) mass is 338 g/mol. The van der Waals surface area contributed by atoms with Gasteiger partial charge < -0.3 is 10.2 Å². The number of nitrogens with one attached hydrogen (secondary N) is 1. The Hall–Kier alpha value is -1.19. The molecular weight excluding hydrogens is 324 g/mol. The number of para-hydroxylation sites is 2. The molecule has 2 aromatic rings. The number of hydrogen-bond donors (Lipinski definition) is 1. The first-order chi connectivity index (χ1) is 9.08. The van der Waals surface area contributed by atoms with Crippen LogP contribution in [0.5, 0.6) is 0 Å². The van der Waals surface area contributed by atoms with Crippen molar-refractivity contribution in [2.24, 2.45) is 0 Å². The molecule has 4 heteroatoms. The Labute approximate surface area is 127 Å². The second-order valence-electron chi connectivity index (χ2n) is 4.50. The molecule has 0 radical (unpaired) electrons. The Morgan fingerprint density at radius 1 is 1.16 bits per heavy atom. The molecule has 0 atom stereocenters. The Bertz CT molecular complexity index is 570. The van der Waals surface area contributed by atoms with Crippen molar-refractivity contribution in [1.29, 1.82) is 0 Å². The van der Waals surface area contributed by atoms with Gasteiger partial charge in [0.15, 0.2) is 0 Å². The summed E-state index contributed by atoms with van der Waals surface area (Å²) >= 11 is 9.57. The first kappa shape index (κ1) is 14.2. The molecule has 0 heterocycles. The zero-order valence-corrected chi connectivity index (χ0v) is 13.3. The van der Waals surface area contributed by atoms with Gasteiger partial charge in [-0.15, -0.1) is 0 Å². The summed E-state index contributed by atoms with van der Waals surface area (Å²) in [5.74, 6) is 0. The molecule has 0 aliphatic heterocycles. The maximum atomic E-state index is 6.02. The molecule has 0 saturated carbocycles. The van der Waals surface area contributed by atoms with Crippen LogP contribution in [-0.2, 0) is 6.54 Å². The molecule has 0 saturated heterocycles. The average molecular weight is 340 g/mol. The van der Waals surface area contributed by atoms with E-state index in [1.807, 2.05) is 44.4 Å². The summed E-state index contributed by atoms with van der Waals surface area (Å²) < 4.78 is 1.06. The van der Waals surface area contributed by atoms with Crippen molar-refractivity contribution in [3.05, 3.63) is 57.5 Å². The minimum atomic E-state index is 0.728. The smallest absolute Gasteiger partial charge is 0.0596 e. The Morgan fingerprint density at radius 2 is 1.89 bits per heavy atom. The molecular formula is C15H16BrClN2. The standard InChI is InChI=1S/C15H16BrClN2/c1-19(2)15-6-4-3-5-14(15)18-10-11-9-12(17)7-8-13(11)16/h3-9,18H,10H2,1-2H3. The number of halogens is 2. The van der Waals surface area contributed by atoms with E-state index >= 15 is 0 Å². The third kappa shape index (κ3) is 3.64. The second kappa shape index (κ2) is 6.31. The highest BCUT2D eigenvalue weighted by atomic mass is 79.9. The zero-order chi connectivity index (χ0) is 13.8. The minimum absolute atomic E-state index is 0.728. The Balaban J connectivity index is 2.17. The van der Waals surface area contributed by atoms with E-state index in [9.17, 15) is 0 Å². The van der Waals surface area contributed by atoms with Crippen molar-refractivity contribution >= 4 is 38.9 Å². The average Bonchev–Trinajstić information content (AvgIpc) is 2.40. The summed E-state index contributed by atoms with van der Waals surface area (Å²) in [5.41, 5.74) is 3.42. The van der Waals surface area contributed by atoms with Crippen LogP contribution in [0.15, 0.2) is 46.9 Å². The second-order valence-corrected chi connectivity index (χ2v) is 5.79. The van der Waals surface area contributed by atoms with Gasteiger partial charge >= 0.3 is 0 Å². The van der Waals surface area contributed by atoms with Crippen molar-refractivity contribution in [3.63, 3.8) is 0 Å². The third-order valence-electron chi connectivity index (χ3n) is 2.86. The number of nitrogens with zero attached hydrogens (tertiary/aromatic N) is 1. The van der Waals surface area contributed by atoms with E-state index in [1.54, 1.807) is 0 Å². The normalized spacial score (nSPS) is 10.3. The van der Waals surface area contributed by atoms with Crippen LogP contribution in [0, 0.1) is 0 Å². The topological polar surface area (TPSA) is 15.3 Å². The van der Waals surface area contributed by atoms with Gasteiger partial charge in [0.2, 0.25) is 0 Å². The summed E-state index contributed by atoms with van der Waals surface area (Å²) in [5, 5.41) is 4.20. The lowest BCUT2D eigenvalue weighted by atomic mass is 10.2.